The zero-order valence-electron chi connectivity index (χ0n) is 21.7. The minimum absolute atomic E-state index is 0.116. The second-order valence-electron chi connectivity index (χ2n) is 10.1. The number of dihydropyridines is 1. The summed E-state index contributed by atoms with van der Waals surface area (Å²) in [4.78, 5) is 16.6. The molecule has 0 aliphatic carbocycles. The van der Waals surface area contributed by atoms with Gasteiger partial charge in [0.25, 0.3) is 0 Å². The number of methoxy groups -OCH3 is 1. The molecular formula is C26H40N8O2. The van der Waals surface area contributed by atoms with Gasteiger partial charge in [0, 0.05) is 37.4 Å². The van der Waals surface area contributed by atoms with Gasteiger partial charge < -0.3 is 25.4 Å². The molecular weight excluding hydrogens is 456 g/mol. The molecule has 36 heavy (non-hydrogen) atoms. The molecule has 10 nitrogen and oxygen atoms in total. The molecule has 1 atom stereocenters. The first-order valence-electron chi connectivity index (χ1n) is 13.5. The monoisotopic (exact) mass is 496 g/mol. The van der Waals surface area contributed by atoms with E-state index in [9.17, 15) is 0 Å². The fourth-order valence-electron chi connectivity index (χ4n) is 5.72. The van der Waals surface area contributed by atoms with Crippen LogP contribution in [0.5, 0.6) is 0 Å². The van der Waals surface area contributed by atoms with E-state index in [1.165, 1.54) is 5.71 Å². The van der Waals surface area contributed by atoms with Crippen molar-refractivity contribution in [3.05, 3.63) is 18.0 Å². The number of hydrogen-bond donors (Lipinski definition) is 2. The van der Waals surface area contributed by atoms with Crippen LogP contribution < -0.4 is 11.1 Å². The van der Waals surface area contributed by atoms with Crippen molar-refractivity contribution in [2.45, 2.75) is 58.0 Å². The Hall–Kier alpha value is -2.72. The van der Waals surface area contributed by atoms with Gasteiger partial charge in [-0.1, -0.05) is 13.3 Å². The number of aromatic nitrogens is 4. The minimum Gasteiger partial charge on any atom is -0.501 e. The molecule has 0 saturated carbocycles. The lowest BCUT2D eigenvalue weighted by Gasteiger charge is -2.39. The van der Waals surface area contributed by atoms with E-state index >= 15 is 0 Å². The van der Waals surface area contributed by atoms with E-state index < -0.39 is 0 Å². The van der Waals surface area contributed by atoms with Crippen molar-refractivity contribution >= 4 is 28.5 Å². The lowest BCUT2D eigenvalue weighted by atomic mass is 9.87. The number of unbranched alkanes of at least 4 members (excludes halogenated alkanes) is 1. The van der Waals surface area contributed by atoms with Crippen molar-refractivity contribution in [2.75, 3.05) is 57.6 Å². The maximum absolute atomic E-state index is 5.95. The highest BCUT2D eigenvalue weighted by molar-refractivity contribution is 5.98. The summed E-state index contributed by atoms with van der Waals surface area (Å²) in [5.41, 5.74) is 8.77. The lowest BCUT2D eigenvalue weighted by molar-refractivity contribution is 0.0246. The molecule has 0 amide bonds. The Morgan fingerprint density at radius 2 is 1.97 bits per heavy atom. The third-order valence-electron chi connectivity index (χ3n) is 7.80. The topological polar surface area (TPSA) is 116 Å². The Bertz CT molecular complexity index is 1080. The van der Waals surface area contributed by atoms with Crippen LogP contribution in [0.2, 0.25) is 0 Å². The fraction of sp³-hybridized carbons (Fsp3) is 0.692. The van der Waals surface area contributed by atoms with Crippen molar-refractivity contribution in [1.29, 1.82) is 0 Å². The van der Waals surface area contributed by atoms with Crippen LogP contribution in [0.25, 0.3) is 11.0 Å². The van der Waals surface area contributed by atoms with Crippen LogP contribution in [-0.2, 0) is 16.0 Å². The molecule has 5 heterocycles. The second kappa shape index (κ2) is 11.6. The van der Waals surface area contributed by atoms with E-state index in [1.54, 1.807) is 13.3 Å². The lowest BCUT2D eigenvalue weighted by Crippen LogP contribution is -2.45. The van der Waals surface area contributed by atoms with Gasteiger partial charge in [-0.2, -0.15) is 10.1 Å². The smallest absolute Gasteiger partial charge is 0.222 e. The fourth-order valence-corrected chi connectivity index (χ4v) is 5.72. The Balaban J connectivity index is 1.25. The summed E-state index contributed by atoms with van der Waals surface area (Å²) in [6.45, 7) is 8.44. The largest absolute Gasteiger partial charge is 0.501 e. The maximum atomic E-state index is 5.95. The summed E-state index contributed by atoms with van der Waals surface area (Å²) in [7, 11) is 1.76. The number of nitrogens with zero attached hydrogens (tertiary/aromatic N) is 6. The average Bonchev–Trinajstić information content (AvgIpc) is 3.32. The van der Waals surface area contributed by atoms with Crippen LogP contribution in [0.15, 0.2) is 23.0 Å². The highest BCUT2D eigenvalue weighted by atomic mass is 16.5. The van der Waals surface area contributed by atoms with Crippen LogP contribution in [0.4, 0.5) is 11.8 Å². The molecule has 3 aliphatic heterocycles. The molecule has 10 heteroatoms. The van der Waals surface area contributed by atoms with Gasteiger partial charge in [0.2, 0.25) is 5.95 Å². The van der Waals surface area contributed by atoms with E-state index in [0.29, 0.717) is 25.0 Å². The van der Waals surface area contributed by atoms with Crippen molar-refractivity contribution in [2.24, 2.45) is 16.8 Å². The van der Waals surface area contributed by atoms with Crippen molar-refractivity contribution < 1.29 is 9.47 Å². The summed E-state index contributed by atoms with van der Waals surface area (Å²) < 4.78 is 13.4. The molecule has 0 radical (unpaired) electrons. The molecule has 0 aromatic carbocycles. The third-order valence-corrected chi connectivity index (χ3v) is 7.80. The third kappa shape index (κ3) is 5.49. The number of nitrogen functional groups attached to an aromatic ring is 1. The average molecular weight is 497 g/mol. The van der Waals surface area contributed by atoms with Gasteiger partial charge >= 0.3 is 0 Å². The quantitative estimate of drug-likeness (QED) is 0.509. The van der Waals surface area contributed by atoms with E-state index in [4.69, 9.17) is 20.2 Å². The first kappa shape index (κ1) is 25.0. The summed E-state index contributed by atoms with van der Waals surface area (Å²) in [6.07, 6.45) is 10.8. The van der Waals surface area contributed by atoms with Crippen LogP contribution >= 0.6 is 0 Å². The van der Waals surface area contributed by atoms with E-state index in [-0.39, 0.29) is 11.9 Å². The highest BCUT2D eigenvalue weighted by Crippen LogP contribution is 2.30. The molecule has 196 valence electrons. The number of piperidine rings is 1. The van der Waals surface area contributed by atoms with Gasteiger partial charge in [-0.05, 0) is 51.3 Å². The Morgan fingerprint density at radius 1 is 1.17 bits per heavy atom. The minimum atomic E-state index is 0.116. The number of hydrogen-bond acceptors (Lipinski definition) is 9. The number of likely N-dealkylation sites (tertiary alicyclic amines) is 1. The first-order valence-corrected chi connectivity index (χ1v) is 13.5. The Morgan fingerprint density at radius 3 is 2.72 bits per heavy atom. The summed E-state index contributed by atoms with van der Waals surface area (Å²) in [5, 5.41) is 8.04. The maximum Gasteiger partial charge on any atom is 0.222 e. The molecule has 2 aromatic rings. The van der Waals surface area contributed by atoms with Gasteiger partial charge in [-0.15, -0.1) is 0 Å². The van der Waals surface area contributed by atoms with Gasteiger partial charge in [-0.3, -0.25) is 9.67 Å². The molecule has 3 N–H and O–H groups in total. The summed E-state index contributed by atoms with van der Waals surface area (Å²) >= 11 is 0. The Kier molecular flexibility index (Phi) is 8.01. The number of aliphatic imine (C=N–C) groups is 1. The van der Waals surface area contributed by atoms with E-state index in [0.717, 1.165) is 94.0 Å². The predicted octanol–water partition coefficient (Wildman–Crippen LogP) is 3.11. The first-order chi connectivity index (χ1) is 17.7. The molecule has 5 rings (SSSR count). The standard InChI is InChI=1S/C26H40N8O2/c1-3-4-9-28-25-24-22(31-26(27)32-25)16-30-34(24)17-19-15-29-21(14-23(19)35-2)18-5-10-33(11-6-18)20-7-12-36-13-8-20/h14,16,18-20H,3-13,15,17H2,1-2H3,(H3,27,28,31,32). The zero-order valence-corrected chi connectivity index (χ0v) is 21.7. The SMILES string of the molecule is CCCCNc1nc(N)nc2cnn(CC3CN=C(C4CCN(C5CCOCC5)CC4)C=C3OC)c12. The second-order valence-corrected chi connectivity index (χ2v) is 10.1. The molecule has 2 fully saturated rings. The van der Waals surface area contributed by atoms with E-state index in [1.807, 2.05) is 4.68 Å². The molecule has 2 aromatic heterocycles. The van der Waals surface area contributed by atoms with Crippen LogP contribution in [0, 0.1) is 11.8 Å². The number of anilines is 2. The predicted molar refractivity (Wildman–Crippen MR) is 142 cm³/mol. The molecule has 0 bridgehead atoms. The zero-order chi connectivity index (χ0) is 24.9. The normalized spacial score (nSPS) is 22.4. The van der Waals surface area contributed by atoms with Gasteiger partial charge in [0.05, 0.1) is 32.3 Å². The van der Waals surface area contributed by atoms with Gasteiger partial charge in [-0.25, -0.2) is 4.98 Å². The number of allylic oxidation sites excluding steroid dienone is 1. The number of fused-ring (bicyclic) bond motifs is 1. The van der Waals surface area contributed by atoms with Gasteiger partial charge in [0.1, 0.15) is 16.8 Å². The number of nitrogens with two attached hydrogens (primary N) is 1. The van der Waals surface area contributed by atoms with Crippen molar-refractivity contribution in [3.8, 4) is 0 Å². The van der Waals surface area contributed by atoms with Crippen LogP contribution in [0.3, 0.4) is 0 Å². The molecule has 3 aliphatic rings. The van der Waals surface area contributed by atoms with Crippen LogP contribution in [-0.4, -0.2) is 82.9 Å². The Labute approximate surface area is 213 Å². The molecule has 0 spiro atoms. The molecule has 2 saturated heterocycles. The molecule has 1 unspecified atom stereocenters. The van der Waals surface area contributed by atoms with Gasteiger partial charge in [0.15, 0.2) is 5.82 Å². The van der Waals surface area contributed by atoms with Crippen molar-refractivity contribution in [1.82, 2.24) is 24.6 Å². The number of rotatable bonds is 9. The van der Waals surface area contributed by atoms with E-state index in [2.05, 4.69) is 38.3 Å². The number of nitrogens with one attached hydrogen (secondary N) is 1. The van der Waals surface area contributed by atoms with Crippen molar-refractivity contribution in [3.63, 3.8) is 0 Å². The summed E-state index contributed by atoms with van der Waals surface area (Å²) in [5.74, 6) is 2.59. The number of ether oxygens (including phenoxy) is 2. The highest BCUT2D eigenvalue weighted by Gasteiger charge is 2.31. The summed E-state index contributed by atoms with van der Waals surface area (Å²) in [6, 6.07) is 0.687. The van der Waals surface area contributed by atoms with Crippen LogP contribution in [0.1, 0.15) is 45.4 Å².